The zero-order valence-electron chi connectivity index (χ0n) is 9.54. The van der Waals surface area contributed by atoms with E-state index in [1.807, 2.05) is 19.9 Å². The molecule has 2 N–H and O–H groups in total. The lowest BCUT2D eigenvalue weighted by molar-refractivity contribution is 0.0575. The van der Waals surface area contributed by atoms with Crippen LogP contribution < -0.4 is 5.73 Å². The van der Waals surface area contributed by atoms with Gasteiger partial charge in [0.05, 0.1) is 6.10 Å². The molecule has 0 aromatic heterocycles. The number of hydrogen-bond donors (Lipinski definition) is 1. The number of hydrogen-bond acceptors (Lipinski definition) is 2. The second-order valence-corrected chi connectivity index (χ2v) is 4.68. The van der Waals surface area contributed by atoms with Crippen LogP contribution in [0.2, 0.25) is 0 Å². The number of halogens is 2. The molecule has 2 nitrogen and oxygen atoms in total. The maximum atomic E-state index is 13.5. The Hall–Kier alpha value is -0.450. The van der Waals surface area contributed by atoms with Crippen LogP contribution in [-0.4, -0.2) is 18.8 Å². The summed E-state index contributed by atoms with van der Waals surface area (Å²) in [5, 5.41) is 0. The van der Waals surface area contributed by atoms with Gasteiger partial charge >= 0.3 is 0 Å². The highest BCUT2D eigenvalue weighted by Crippen LogP contribution is 2.17. The van der Waals surface area contributed by atoms with Crippen LogP contribution in [0, 0.1) is 5.82 Å². The van der Waals surface area contributed by atoms with Gasteiger partial charge in [0.25, 0.3) is 0 Å². The third-order valence-electron chi connectivity index (χ3n) is 2.50. The number of ether oxygens (including phenoxy) is 1. The van der Waals surface area contributed by atoms with Gasteiger partial charge in [0.2, 0.25) is 0 Å². The van der Waals surface area contributed by atoms with Crippen LogP contribution in [-0.2, 0) is 11.2 Å². The maximum absolute atomic E-state index is 13.5. The van der Waals surface area contributed by atoms with Gasteiger partial charge in [-0.05, 0) is 38.0 Å². The van der Waals surface area contributed by atoms with Crippen molar-refractivity contribution in [3.8, 4) is 0 Å². The molecule has 4 heteroatoms. The molecule has 90 valence electrons. The van der Waals surface area contributed by atoms with Crippen LogP contribution >= 0.6 is 15.9 Å². The summed E-state index contributed by atoms with van der Waals surface area (Å²) in [6, 6.07) is 4.83. The molecule has 0 aliphatic carbocycles. The highest BCUT2D eigenvalue weighted by Gasteiger charge is 2.15. The molecule has 0 fully saturated rings. The second-order valence-electron chi connectivity index (χ2n) is 3.76. The molecule has 0 aliphatic rings. The van der Waals surface area contributed by atoms with E-state index in [1.54, 1.807) is 6.07 Å². The summed E-state index contributed by atoms with van der Waals surface area (Å²) in [5.74, 6) is -0.228. The Kier molecular flexibility index (Phi) is 5.38. The van der Waals surface area contributed by atoms with Gasteiger partial charge in [-0.25, -0.2) is 4.39 Å². The van der Waals surface area contributed by atoms with Crippen molar-refractivity contribution in [1.29, 1.82) is 0 Å². The van der Waals surface area contributed by atoms with Gasteiger partial charge in [0.15, 0.2) is 0 Å². The van der Waals surface area contributed by atoms with E-state index >= 15 is 0 Å². The highest BCUT2D eigenvalue weighted by atomic mass is 79.9. The molecule has 0 spiro atoms. The molecule has 0 radical (unpaired) electrons. The third kappa shape index (κ3) is 3.85. The highest BCUT2D eigenvalue weighted by molar-refractivity contribution is 9.10. The Morgan fingerprint density at radius 2 is 2.19 bits per heavy atom. The van der Waals surface area contributed by atoms with Crippen molar-refractivity contribution in [2.24, 2.45) is 5.73 Å². The average molecular weight is 290 g/mol. The fourth-order valence-electron chi connectivity index (χ4n) is 1.49. The van der Waals surface area contributed by atoms with E-state index in [0.717, 1.165) is 4.47 Å². The second kappa shape index (κ2) is 6.33. The SMILES string of the molecule is CCOC(C)C(N)Cc1ccc(Br)cc1F. The normalized spacial score (nSPS) is 14.8. The molecule has 2 atom stereocenters. The molecule has 1 aromatic rings. The van der Waals surface area contributed by atoms with E-state index in [0.29, 0.717) is 18.6 Å². The van der Waals surface area contributed by atoms with Gasteiger partial charge in [-0.15, -0.1) is 0 Å². The molecule has 0 aliphatic heterocycles. The van der Waals surface area contributed by atoms with Crippen molar-refractivity contribution in [3.63, 3.8) is 0 Å². The first-order valence-electron chi connectivity index (χ1n) is 5.35. The zero-order valence-corrected chi connectivity index (χ0v) is 11.1. The maximum Gasteiger partial charge on any atom is 0.127 e. The van der Waals surface area contributed by atoms with Crippen LogP contribution in [0.1, 0.15) is 19.4 Å². The van der Waals surface area contributed by atoms with Crippen LogP contribution in [0.3, 0.4) is 0 Å². The molecule has 0 saturated heterocycles. The standard InChI is InChI=1S/C12H17BrFNO/c1-3-16-8(2)12(15)6-9-4-5-10(13)7-11(9)14/h4-5,7-8,12H,3,6,15H2,1-2H3. The molecule has 1 rings (SSSR count). The monoisotopic (exact) mass is 289 g/mol. The van der Waals surface area contributed by atoms with Gasteiger partial charge in [0.1, 0.15) is 5.82 Å². The molecule has 16 heavy (non-hydrogen) atoms. The van der Waals surface area contributed by atoms with Crippen molar-refractivity contribution in [2.75, 3.05) is 6.61 Å². The Labute approximate surface area is 104 Å². The lowest BCUT2D eigenvalue weighted by Crippen LogP contribution is -2.36. The molecular weight excluding hydrogens is 273 g/mol. The van der Waals surface area contributed by atoms with Crippen molar-refractivity contribution in [3.05, 3.63) is 34.1 Å². The first kappa shape index (κ1) is 13.6. The lowest BCUT2D eigenvalue weighted by atomic mass is 10.0. The topological polar surface area (TPSA) is 35.2 Å². The van der Waals surface area contributed by atoms with Crippen LogP contribution in [0.15, 0.2) is 22.7 Å². The smallest absolute Gasteiger partial charge is 0.127 e. The lowest BCUT2D eigenvalue weighted by Gasteiger charge is -2.20. The minimum atomic E-state index is -0.228. The summed E-state index contributed by atoms with van der Waals surface area (Å²) in [6.07, 6.45) is 0.424. The Morgan fingerprint density at radius 3 is 2.75 bits per heavy atom. The van der Waals surface area contributed by atoms with E-state index in [2.05, 4.69) is 15.9 Å². The van der Waals surface area contributed by atoms with Gasteiger partial charge < -0.3 is 10.5 Å². The summed E-state index contributed by atoms with van der Waals surface area (Å²) < 4.78 is 19.7. The van der Waals surface area contributed by atoms with Crippen molar-refractivity contribution in [2.45, 2.75) is 32.4 Å². The van der Waals surface area contributed by atoms with Gasteiger partial charge in [-0.2, -0.15) is 0 Å². The average Bonchev–Trinajstić information content (AvgIpc) is 2.22. The number of rotatable bonds is 5. The molecule has 1 aromatic carbocycles. The number of benzene rings is 1. The molecule has 0 amide bonds. The summed E-state index contributed by atoms with van der Waals surface area (Å²) >= 11 is 3.22. The molecule has 0 heterocycles. The summed E-state index contributed by atoms with van der Waals surface area (Å²) in [6.45, 7) is 4.45. The van der Waals surface area contributed by atoms with E-state index in [9.17, 15) is 4.39 Å². The third-order valence-corrected chi connectivity index (χ3v) is 3.00. The molecular formula is C12H17BrFNO. The van der Waals surface area contributed by atoms with Crippen LogP contribution in [0.4, 0.5) is 4.39 Å². The fraction of sp³-hybridized carbons (Fsp3) is 0.500. The van der Waals surface area contributed by atoms with Crippen molar-refractivity contribution in [1.82, 2.24) is 0 Å². The quantitative estimate of drug-likeness (QED) is 0.905. The summed E-state index contributed by atoms with van der Waals surface area (Å²) in [7, 11) is 0. The largest absolute Gasteiger partial charge is 0.377 e. The molecule has 0 bridgehead atoms. The first-order valence-corrected chi connectivity index (χ1v) is 6.15. The number of nitrogens with two attached hydrogens (primary N) is 1. The fourth-order valence-corrected chi connectivity index (χ4v) is 1.83. The van der Waals surface area contributed by atoms with Crippen molar-refractivity contribution < 1.29 is 9.13 Å². The predicted octanol–water partition coefficient (Wildman–Crippen LogP) is 2.88. The van der Waals surface area contributed by atoms with E-state index < -0.39 is 0 Å². The predicted molar refractivity (Wildman–Crippen MR) is 66.9 cm³/mol. The van der Waals surface area contributed by atoms with Crippen LogP contribution in [0.5, 0.6) is 0 Å². The molecule has 2 unspecified atom stereocenters. The van der Waals surface area contributed by atoms with Gasteiger partial charge in [0, 0.05) is 17.1 Å². The Balaban J connectivity index is 2.65. The minimum absolute atomic E-state index is 0.0620. The first-order chi connectivity index (χ1) is 7.54. The van der Waals surface area contributed by atoms with Crippen molar-refractivity contribution >= 4 is 15.9 Å². The van der Waals surface area contributed by atoms with E-state index in [4.69, 9.17) is 10.5 Å². The zero-order chi connectivity index (χ0) is 12.1. The van der Waals surface area contributed by atoms with Gasteiger partial charge in [-0.1, -0.05) is 22.0 Å². The van der Waals surface area contributed by atoms with Gasteiger partial charge in [-0.3, -0.25) is 0 Å². The summed E-state index contributed by atoms with van der Waals surface area (Å²) in [4.78, 5) is 0. The Bertz CT molecular complexity index is 346. The Morgan fingerprint density at radius 1 is 1.50 bits per heavy atom. The molecule has 0 saturated carbocycles. The minimum Gasteiger partial charge on any atom is -0.377 e. The van der Waals surface area contributed by atoms with Crippen LogP contribution in [0.25, 0.3) is 0 Å². The summed E-state index contributed by atoms with van der Waals surface area (Å²) in [5.41, 5.74) is 6.57. The van der Waals surface area contributed by atoms with E-state index in [-0.39, 0.29) is 18.0 Å². The van der Waals surface area contributed by atoms with E-state index in [1.165, 1.54) is 6.07 Å².